The number of H-pyrrole nitrogens is 1. The molecule has 2 aromatic rings. The van der Waals surface area contributed by atoms with Gasteiger partial charge in [0.05, 0.1) is 17.6 Å². The van der Waals surface area contributed by atoms with E-state index in [-0.39, 0.29) is 23.6 Å². The molecule has 1 aliphatic heterocycles. The molecule has 7 nitrogen and oxygen atoms in total. The van der Waals surface area contributed by atoms with Gasteiger partial charge in [0.25, 0.3) is 5.56 Å². The number of epoxide rings is 1. The van der Waals surface area contributed by atoms with E-state index in [0.717, 1.165) is 0 Å². The summed E-state index contributed by atoms with van der Waals surface area (Å²) in [5, 5.41) is 10.6. The zero-order valence-corrected chi connectivity index (χ0v) is 10.6. The number of pyridine rings is 2. The second-order valence-corrected chi connectivity index (χ2v) is 4.35. The van der Waals surface area contributed by atoms with Crippen LogP contribution in [0.2, 0.25) is 0 Å². The average molecular weight is 276 g/mol. The first-order chi connectivity index (χ1) is 9.63. The lowest BCUT2D eigenvalue weighted by Gasteiger charge is -2.04. The average Bonchev–Trinajstić information content (AvgIpc) is 3.19. The zero-order valence-electron chi connectivity index (χ0n) is 10.6. The summed E-state index contributed by atoms with van der Waals surface area (Å²) in [6, 6.07) is 3.26. The minimum atomic E-state index is -0.837. The van der Waals surface area contributed by atoms with Gasteiger partial charge in [0.15, 0.2) is 6.10 Å². The number of hydrogen-bond donors (Lipinski definition) is 2. The van der Waals surface area contributed by atoms with Gasteiger partial charge in [-0.1, -0.05) is 0 Å². The largest absolute Gasteiger partial charge is 0.507 e. The monoisotopic (exact) mass is 276 g/mol. The molecule has 0 bridgehead atoms. The number of aromatic hydroxyl groups is 1. The molecule has 1 aliphatic rings. The fourth-order valence-electron chi connectivity index (χ4n) is 2.12. The summed E-state index contributed by atoms with van der Waals surface area (Å²) in [5.74, 6) is -0.753. The van der Waals surface area contributed by atoms with Crippen molar-refractivity contribution in [3.8, 4) is 5.75 Å². The van der Waals surface area contributed by atoms with Gasteiger partial charge < -0.3 is 19.6 Å². The van der Waals surface area contributed by atoms with Gasteiger partial charge >= 0.3 is 5.97 Å². The Morgan fingerprint density at radius 3 is 3.15 bits per heavy atom. The van der Waals surface area contributed by atoms with Gasteiger partial charge in [-0.15, -0.1) is 0 Å². The van der Waals surface area contributed by atoms with E-state index < -0.39 is 23.7 Å². The first-order valence-corrected chi connectivity index (χ1v) is 6.15. The van der Waals surface area contributed by atoms with Crippen LogP contribution in [-0.4, -0.2) is 33.8 Å². The molecule has 0 amide bonds. The summed E-state index contributed by atoms with van der Waals surface area (Å²) in [7, 11) is 0. The molecule has 1 fully saturated rings. The van der Waals surface area contributed by atoms with Crippen LogP contribution in [0, 0.1) is 0 Å². The summed E-state index contributed by atoms with van der Waals surface area (Å²) in [5.41, 5.74) is -0.207. The van der Waals surface area contributed by atoms with Crippen molar-refractivity contribution in [2.75, 3.05) is 6.61 Å². The molecule has 3 heterocycles. The third-order valence-corrected chi connectivity index (χ3v) is 3.09. The summed E-state index contributed by atoms with van der Waals surface area (Å²) in [4.78, 5) is 30.0. The Morgan fingerprint density at radius 2 is 2.40 bits per heavy atom. The van der Waals surface area contributed by atoms with Crippen LogP contribution in [0.25, 0.3) is 11.0 Å². The van der Waals surface area contributed by atoms with E-state index in [0.29, 0.717) is 5.39 Å². The Hall–Kier alpha value is -2.41. The van der Waals surface area contributed by atoms with Crippen LogP contribution in [-0.2, 0) is 14.3 Å². The molecule has 0 saturated carbocycles. The number of carbonyl (C=O) groups excluding carboxylic acids is 1. The predicted molar refractivity (Wildman–Crippen MR) is 68.3 cm³/mol. The minimum absolute atomic E-state index is 0.0311. The van der Waals surface area contributed by atoms with E-state index in [9.17, 15) is 14.7 Å². The third kappa shape index (κ3) is 1.92. The Kier molecular flexibility index (Phi) is 2.90. The molecule has 20 heavy (non-hydrogen) atoms. The second kappa shape index (κ2) is 4.61. The van der Waals surface area contributed by atoms with Crippen molar-refractivity contribution in [2.24, 2.45) is 0 Å². The molecule has 3 rings (SSSR count). The number of carbonyl (C=O) groups is 1. The van der Waals surface area contributed by atoms with Gasteiger partial charge in [-0.2, -0.15) is 0 Å². The van der Waals surface area contributed by atoms with Gasteiger partial charge in [0, 0.05) is 6.20 Å². The molecule has 2 atom stereocenters. The van der Waals surface area contributed by atoms with Crippen LogP contribution < -0.4 is 5.56 Å². The number of aromatic amines is 1. The van der Waals surface area contributed by atoms with Crippen molar-refractivity contribution < 1.29 is 19.4 Å². The minimum Gasteiger partial charge on any atom is -0.507 e. The normalized spacial score (nSPS) is 20.9. The standard InChI is InChI=1S/C13H12N2O5/c1-2-19-13(18)10-9(20-10)7-8(16)6-4-3-5-14-11(6)15-12(7)17/h3-5,9-10H,2H2,1H3,(H2,14,15,16,17)/t9-,10-/m1/s1. The summed E-state index contributed by atoms with van der Waals surface area (Å²) < 4.78 is 9.97. The quantitative estimate of drug-likeness (QED) is 0.629. The van der Waals surface area contributed by atoms with Crippen molar-refractivity contribution in [3.05, 3.63) is 34.2 Å². The van der Waals surface area contributed by atoms with Gasteiger partial charge in [0.2, 0.25) is 0 Å². The van der Waals surface area contributed by atoms with Crippen molar-refractivity contribution in [1.29, 1.82) is 0 Å². The first-order valence-electron chi connectivity index (χ1n) is 6.15. The maximum Gasteiger partial charge on any atom is 0.338 e. The van der Waals surface area contributed by atoms with E-state index in [1.165, 1.54) is 6.20 Å². The number of aromatic nitrogens is 2. The number of ether oxygens (including phenoxy) is 2. The Balaban J connectivity index is 2.02. The topological polar surface area (TPSA) is 105 Å². The van der Waals surface area contributed by atoms with Gasteiger partial charge in [-0.3, -0.25) is 4.79 Å². The highest BCUT2D eigenvalue weighted by molar-refractivity contribution is 5.84. The van der Waals surface area contributed by atoms with Crippen LogP contribution in [0.1, 0.15) is 18.6 Å². The van der Waals surface area contributed by atoms with Crippen molar-refractivity contribution in [2.45, 2.75) is 19.1 Å². The molecular formula is C13H12N2O5. The number of nitrogens with zero attached hydrogens (tertiary/aromatic N) is 1. The second-order valence-electron chi connectivity index (χ2n) is 4.35. The molecule has 2 N–H and O–H groups in total. The number of hydrogen-bond acceptors (Lipinski definition) is 6. The Bertz CT molecular complexity index is 739. The lowest BCUT2D eigenvalue weighted by Crippen LogP contribution is -2.17. The first kappa shape index (κ1) is 12.6. The van der Waals surface area contributed by atoms with Gasteiger partial charge in [-0.05, 0) is 19.1 Å². The van der Waals surface area contributed by atoms with Crippen molar-refractivity contribution >= 4 is 17.0 Å². The highest BCUT2D eigenvalue weighted by Crippen LogP contribution is 2.42. The molecule has 0 aromatic carbocycles. The maximum atomic E-state index is 12.0. The van der Waals surface area contributed by atoms with E-state index >= 15 is 0 Å². The van der Waals surface area contributed by atoms with Crippen LogP contribution in [0.15, 0.2) is 23.1 Å². The molecule has 0 radical (unpaired) electrons. The number of nitrogens with one attached hydrogen (secondary N) is 1. The zero-order chi connectivity index (χ0) is 14.3. The predicted octanol–water partition coefficient (Wildman–Crippen LogP) is 0.632. The lowest BCUT2D eigenvalue weighted by atomic mass is 10.1. The van der Waals surface area contributed by atoms with E-state index in [4.69, 9.17) is 9.47 Å². The van der Waals surface area contributed by atoms with Gasteiger partial charge in [0.1, 0.15) is 17.5 Å². The fourth-order valence-corrected chi connectivity index (χ4v) is 2.12. The fraction of sp³-hybridized carbons (Fsp3) is 0.308. The van der Waals surface area contributed by atoms with Crippen molar-refractivity contribution in [1.82, 2.24) is 9.97 Å². The van der Waals surface area contributed by atoms with Crippen LogP contribution >= 0.6 is 0 Å². The molecule has 7 heteroatoms. The van der Waals surface area contributed by atoms with E-state index in [2.05, 4.69) is 9.97 Å². The van der Waals surface area contributed by atoms with E-state index in [1.807, 2.05) is 0 Å². The molecule has 2 aromatic heterocycles. The summed E-state index contributed by atoms with van der Waals surface area (Å²) in [6.45, 7) is 1.91. The maximum absolute atomic E-state index is 12.0. The van der Waals surface area contributed by atoms with E-state index in [1.54, 1.807) is 19.1 Å². The van der Waals surface area contributed by atoms with Crippen molar-refractivity contribution in [3.63, 3.8) is 0 Å². The summed E-state index contributed by atoms with van der Waals surface area (Å²) in [6.07, 6.45) is -0.106. The lowest BCUT2D eigenvalue weighted by molar-refractivity contribution is -0.144. The Morgan fingerprint density at radius 1 is 1.60 bits per heavy atom. The molecular weight excluding hydrogens is 264 g/mol. The molecule has 1 saturated heterocycles. The van der Waals surface area contributed by atoms with Crippen LogP contribution in [0.4, 0.5) is 0 Å². The van der Waals surface area contributed by atoms with Crippen LogP contribution in [0.5, 0.6) is 5.75 Å². The van der Waals surface area contributed by atoms with Crippen LogP contribution in [0.3, 0.4) is 0 Å². The summed E-state index contributed by atoms with van der Waals surface area (Å²) >= 11 is 0. The molecule has 104 valence electrons. The number of fused-ring (bicyclic) bond motifs is 1. The Labute approximate surface area is 113 Å². The highest BCUT2D eigenvalue weighted by atomic mass is 16.6. The number of rotatable bonds is 3. The molecule has 0 spiro atoms. The highest BCUT2D eigenvalue weighted by Gasteiger charge is 2.50. The molecule has 0 aliphatic carbocycles. The SMILES string of the molecule is CCOC(=O)[C@@H]1O[C@@H]1c1c(O)c2cccnc2[nH]c1=O. The number of esters is 1. The molecule has 0 unspecified atom stereocenters. The smallest absolute Gasteiger partial charge is 0.338 e. The third-order valence-electron chi connectivity index (χ3n) is 3.09. The van der Waals surface area contributed by atoms with Gasteiger partial charge in [-0.25, -0.2) is 9.78 Å².